The molecule has 19 heavy (non-hydrogen) atoms. The van der Waals surface area contributed by atoms with Gasteiger partial charge in [0.1, 0.15) is 6.04 Å². The molecule has 104 valence electrons. The van der Waals surface area contributed by atoms with Crippen LogP contribution in [0.25, 0.3) is 0 Å². The lowest BCUT2D eigenvalue weighted by atomic mass is 10.2. The summed E-state index contributed by atoms with van der Waals surface area (Å²) in [5.74, 6) is 4.35. The number of benzene rings is 1. The van der Waals surface area contributed by atoms with Crippen LogP contribution in [0.3, 0.4) is 0 Å². The Morgan fingerprint density at radius 2 is 2.00 bits per heavy atom. The van der Waals surface area contributed by atoms with Crippen molar-refractivity contribution in [1.29, 1.82) is 0 Å². The number of hydrogen-bond donors (Lipinski definition) is 3. The molecule has 0 fully saturated rings. The van der Waals surface area contributed by atoms with Gasteiger partial charge in [0.15, 0.2) is 0 Å². The van der Waals surface area contributed by atoms with Gasteiger partial charge in [0.25, 0.3) is 5.91 Å². The van der Waals surface area contributed by atoms with E-state index < -0.39 is 22.0 Å². The second-order valence-corrected chi connectivity index (χ2v) is 5.81. The molecule has 0 aromatic heterocycles. The second-order valence-electron chi connectivity index (χ2n) is 3.66. The number of sulfonamides is 1. The first kappa shape index (κ1) is 15.6. The topological polar surface area (TPSA) is 101 Å². The van der Waals surface area contributed by atoms with Crippen LogP contribution in [-0.2, 0) is 14.8 Å². The number of carbonyl (C=O) groups is 1. The molecule has 1 atom stereocenters. The van der Waals surface area contributed by atoms with Gasteiger partial charge in [-0.2, -0.15) is 4.72 Å². The zero-order chi connectivity index (χ0) is 14.5. The van der Waals surface area contributed by atoms with E-state index in [1.54, 1.807) is 0 Å². The highest BCUT2D eigenvalue weighted by Gasteiger charge is 2.24. The standard InChI is InChI=1S/C11H14ClN3O3S/c1-2-3-10(11(16)14-13)15-19(17,18)9-6-4-8(12)5-7-9/h2,4-7,10,15H,1,3,13H2,(H,14,16). The fourth-order valence-electron chi connectivity index (χ4n) is 1.35. The van der Waals surface area contributed by atoms with E-state index in [4.69, 9.17) is 17.4 Å². The van der Waals surface area contributed by atoms with Crippen LogP contribution in [0.4, 0.5) is 0 Å². The first-order chi connectivity index (χ1) is 8.90. The summed E-state index contributed by atoms with van der Waals surface area (Å²) >= 11 is 5.68. The van der Waals surface area contributed by atoms with Crippen molar-refractivity contribution in [3.05, 3.63) is 41.9 Å². The van der Waals surface area contributed by atoms with Gasteiger partial charge >= 0.3 is 0 Å². The van der Waals surface area contributed by atoms with E-state index in [0.29, 0.717) is 5.02 Å². The number of halogens is 1. The maximum atomic E-state index is 12.0. The molecule has 1 aromatic carbocycles. The Bertz CT molecular complexity index is 557. The highest BCUT2D eigenvalue weighted by Crippen LogP contribution is 2.14. The molecule has 1 amide bonds. The summed E-state index contributed by atoms with van der Waals surface area (Å²) in [6.45, 7) is 3.46. The fourth-order valence-corrected chi connectivity index (χ4v) is 2.68. The van der Waals surface area contributed by atoms with E-state index in [1.807, 2.05) is 5.43 Å². The zero-order valence-corrected chi connectivity index (χ0v) is 11.5. The third kappa shape index (κ3) is 4.32. The van der Waals surface area contributed by atoms with Gasteiger partial charge in [-0.3, -0.25) is 10.2 Å². The number of nitrogens with one attached hydrogen (secondary N) is 2. The SMILES string of the molecule is C=CCC(NS(=O)(=O)c1ccc(Cl)cc1)C(=O)NN. The normalized spacial score (nSPS) is 12.7. The summed E-state index contributed by atoms with van der Waals surface area (Å²) in [6.07, 6.45) is 1.54. The monoisotopic (exact) mass is 303 g/mol. The Kier molecular flexibility index (Phi) is 5.49. The van der Waals surface area contributed by atoms with Gasteiger partial charge in [-0.1, -0.05) is 17.7 Å². The van der Waals surface area contributed by atoms with Gasteiger partial charge in [0, 0.05) is 5.02 Å². The summed E-state index contributed by atoms with van der Waals surface area (Å²) in [5, 5.41) is 0.418. The smallest absolute Gasteiger partial charge is 0.252 e. The van der Waals surface area contributed by atoms with E-state index in [2.05, 4.69) is 11.3 Å². The van der Waals surface area contributed by atoms with Gasteiger partial charge in [0.05, 0.1) is 4.90 Å². The van der Waals surface area contributed by atoms with E-state index in [9.17, 15) is 13.2 Å². The first-order valence-electron chi connectivity index (χ1n) is 5.30. The summed E-state index contributed by atoms with van der Waals surface area (Å²) in [5.41, 5.74) is 1.90. The number of hydrazine groups is 1. The predicted molar refractivity (Wildman–Crippen MR) is 72.7 cm³/mol. The van der Waals surface area contributed by atoms with Crippen LogP contribution in [0.1, 0.15) is 6.42 Å². The Morgan fingerprint density at radius 3 is 2.47 bits per heavy atom. The van der Waals surface area contributed by atoms with Crippen molar-refractivity contribution in [2.24, 2.45) is 5.84 Å². The number of nitrogens with two attached hydrogens (primary N) is 1. The quantitative estimate of drug-likeness (QED) is 0.309. The number of carbonyl (C=O) groups excluding carboxylic acids is 1. The maximum absolute atomic E-state index is 12.0. The number of hydrogen-bond acceptors (Lipinski definition) is 4. The first-order valence-corrected chi connectivity index (χ1v) is 7.16. The minimum Gasteiger partial charge on any atom is -0.293 e. The third-order valence-corrected chi connectivity index (χ3v) is 4.02. The van der Waals surface area contributed by atoms with Crippen LogP contribution >= 0.6 is 11.6 Å². The van der Waals surface area contributed by atoms with Crippen molar-refractivity contribution in [2.45, 2.75) is 17.4 Å². The largest absolute Gasteiger partial charge is 0.293 e. The van der Waals surface area contributed by atoms with Crippen molar-refractivity contribution in [3.63, 3.8) is 0 Å². The van der Waals surface area contributed by atoms with Crippen LogP contribution in [0, 0.1) is 0 Å². The van der Waals surface area contributed by atoms with E-state index in [-0.39, 0.29) is 11.3 Å². The molecule has 0 heterocycles. The minimum atomic E-state index is -3.83. The summed E-state index contributed by atoms with van der Waals surface area (Å²) in [6, 6.07) is 4.57. The van der Waals surface area contributed by atoms with Crippen molar-refractivity contribution in [2.75, 3.05) is 0 Å². The molecule has 1 unspecified atom stereocenters. The fraction of sp³-hybridized carbons (Fsp3) is 0.182. The molecule has 0 saturated carbocycles. The summed E-state index contributed by atoms with van der Waals surface area (Å²) in [4.78, 5) is 11.4. The van der Waals surface area contributed by atoms with Gasteiger partial charge in [-0.25, -0.2) is 14.3 Å². The van der Waals surface area contributed by atoms with Crippen LogP contribution in [-0.4, -0.2) is 20.4 Å². The second kappa shape index (κ2) is 6.67. The van der Waals surface area contributed by atoms with Crippen molar-refractivity contribution in [3.8, 4) is 0 Å². The van der Waals surface area contributed by atoms with Crippen molar-refractivity contribution < 1.29 is 13.2 Å². The van der Waals surface area contributed by atoms with Crippen LogP contribution < -0.4 is 16.0 Å². The van der Waals surface area contributed by atoms with Crippen LogP contribution in [0.15, 0.2) is 41.8 Å². The van der Waals surface area contributed by atoms with Gasteiger partial charge in [-0.05, 0) is 30.7 Å². The molecule has 0 aliphatic carbocycles. The molecule has 0 aliphatic rings. The Morgan fingerprint density at radius 1 is 1.42 bits per heavy atom. The Labute approximate surface area is 116 Å². The zero-order valence-electron chi connectivity index (χ0n) is 9.97. The molecule has 0 radical (unpaired) electrons. The third-order valence-electron chi connectivity index (χ3n) is 2.28. The molecule has 0 bridgehead atoms. The molecule has 0 saturated heterocycles. The molecule has 8 heteroatoms. The Balaban J connectivity index is 2.96. The van der Waals surface area contributed by atoms with Crippen molar-refractivity contribution >= 4 is 27.5 Å². The Hall–Kier alpha value is -1.41. The summed E-state index contributed by atoms with van der Waals surface area (Å²) < 4.78 is 26.3. The molecule has 6 nitrogen and oxygen atoms in total. The molecule has 0 aliphatic heterocycles. The average molecular weight is 304 g/mol. The number of amides is 1. The van der Waals surface area contributed by atoms with Crippen LogP contribution in [0.2, 0.25) is 5.02 Å². The highest BCUT2D eigenvalue weighted by atomic mass is 35.5. The molecule has 1 aromatic rings. The lowest BCUT2D eigenvalue weighted by Crippen LogP contribution is -2.48. The molecule has 4 N–H and O–H groups in total. The van der Waals surface area contributed by atoms with Gasteiger partial charge in [0.2, 0.25) is 10.0 Å². The molecular formula is C11H14ClN3O3S. The highest BCUT2D eigenvalue weighted by molar-refractivity contribution is 7.89. The molecular weight excluding hydrogens is 290 g/mol. The van der Waals surface area contributed by atoms with Gasteiger partial charge < -0.3 is 0 Å². The number of rotatable bonds is 6. The molecule has 0 spiro atoms. The van der Waals surface area contributed by atoms with E-state index >= 15 is 0 Å². The lowest BCUT2D eigenvalue weighted by molar-refractivity contribution is -0.122. The lowest BCUT2D eigenvalue weighted by Gasteiger charge is -2.15. The summed E-state index contributed by atoms with van der Waals surface area (Å²) in [7, 11) is -3.83. The van der Waals surface area contributed by atoms with E-state index in [1.165, 1.54) is 30.3 Å². The average Bonchev–Trinajstić information content (AvgIpc) is 2.37. The van der Waals surface area contributed by atoms with Crippen LogP contribution in [0.5, 0.6) is 0 Å². The molecule has 1 rings (SSSR count). The maximum Gasteiger partial charge on any atom is 0.252 e. The van der Waals surface area contributed by atoms with Crippen molar-refractivity contribution in [1.82, 2.24) is 10.1 Å². The van der Waals surface area contributed by atoms with E-state index in [0.717, 1.165) is 0 Å². The van der Waals surface area contributed by atoms with Gasteiger partial charge in [-0.15, -0.1) is 6.58 Å². The minimum absolute atomic E-state index is 0.00998. The predicted octanol–water partition coefficient (Wildman–Crippen LogP) is 0.553.